The number of nitrogens with one attached hydrogen (secondary N) is 1. The minimum absolute atomic E-state index is 0.0363. The predicted octanol–water partition coefficient (Wildman–Crippen LogP) is 4.80. The van der Waals surface area contributed by atoms with Crippen LogP contribution in [0.1, 0.15) is 63.0 Å². The molecule has 4 rings (SSSR count). The first kappa shape index (κ1) is 24.8. The van der Waals surface area contributed by atoms with E-state index in [1.54, 1.807) is 6.92 Å². The molecule has 1 saturated heterocycles. The van der Waals surface area contributed by atoms with Crippen molar-refractivity contribution >= 4 is 18.0 Å². The molecular formula is C28H34N2O5. The van der Waals surface area contributed by atoms with Crippen LogP contribution in [0.4, 0.5) is 4.79 Å². The standard InChI is InChI=1S/C28H34N2O5/c1-3-10-19(25(31)30-16-9-8-15-28(30,2)26(32)33)17-29-27(34)35-18-24-22-13-6-4-11-20(22)21-12-5-7-14-23(21)24/h4-7,11-14,19,24H,3,8-10,15-18H2,1-2H3,(H,29,34)(H,32,33). The van der Waals surface area contributed by atoms with Crippen molar-refractivity contribution in [2.75, 3.05) is 19.7 Å². The Morgan fingerprint density at radius 2 is 1.71 bits per heavy atom. The van der Waals surface area contributed by atoms with Crippen molar-refractivity contribution in [2.24, 2.45) is 5.92 Å². The number of amides is 2. The highest BCUT2D eigenvalue weighted by atomic mass is 16.5. The lowest BCUT2D eigenvalue weighted by Crippen LogP contribution is -2.59. The summed E-state index contributed by atoms with van der Waals surface area (Å²) in [7, 11) is 0. The number of piperidine rings is 1. The Bertz CT molecular complexity index is 1050. The maximum atomic E-state index is 13.3. The molecule has 2 N–H and O–H groups in total. The zero-order valence-electron chi connectivity index (χ0n) is 20.5. The highest BCUT2D eigenvalue weighted by Crippen LogP contribution is 2.44. The number of alkyl carbamates (subject to hydrolysis) is 1. The molecular weight excluding hydrogens is 444 g/mol. The number of benzene rings is 2. The summed E-state index contributed by atoms with van der Waals surface area (Å²) in [5, 5.41) is 12.5. The third-order valence-electron chi connectivity index (χ3n) is 7.44. The van der Waals surface area contributed by atoms with Gasteiger partial charge in [-0.05, 0) is 54.9 Å². The largest absolute Gasteiger partial charge is 0.480 e. The van der Waals surface area contributed by atoms with Gasteiger partial charge in [0.15, 0.2) is 0 Å². The van der Waals surface area contributed by atoms with Crippen LogP contribution < -0.4 is 5.32 Å². The van der Waals surface area contributed by atoms with Crippen molar-refractivity contribution < 1.29 is 24.2 Å². The third-order valence-corrected chi connectivity index (χ3v) is 7.44. The van der Waals surface area contributed by atoms with Crippen LogP contribution in [-0.4, -0.2) is 53.2 Å². The molecule has 35 heavy (non-hydrogen) atoms. The van der Waals surface area contributed by atoms with Gasteiger partial charge < -0.3 is 20.1 Å². The van der Waals surface area contributed by atoms with Gasteiger partial charge in [-0.1, -0.05) is 61.9 Å². The van der Waals surface area contributed by atoms with Crippen LogP contribution in [-0.2, 0) is 14.3 Å². The number of hydrogen-bond donors (Lipinski definition) is 2. The van der Waals surface area contributed by atoms with Crippen LogP contribution >= 0.6 is 0 Å². The highest BCUT2D eigenvalue weighted by molar-refractivity contribution is 5.88. The van der Waals surface area contributed by atoms with E-state index in [0.717, 1.165) is 41.5 Å². The summed E-state index contributed by atoms with van der Waals surface area (Å²) in [5.74, 6) is -1.72. The van der Waals surface area contributed by atoms with E-state index in [9.17, 15) is 19.5 Å². The summed E-state index contributed by atoms with van der Waals surface area (Å²) < 4.78 is 5.60. The summed E-state index contributed by atoms with van der Waals surface area (Å²) in [6, 6.07) is 16.3. The average Bonchev–Trinajstić information content (AvgIpc) is 3.18. The molecule has 0 spiro atoms. The van der Waals surface area contributed by atoms with E-state index in [1.165, 1.54) is 4.90 Å². The SMILES string of the molecule is CCCC(CNC(=O)OCC1c2ccccc2-c2ccccc21)C(=O)N1CCCCC1(C)C(=O)O. The molecule has 0 bridgehead atoms. The molecule has 1 aliphatic heterocycles. The second-order valence-electron chi connectivity index (χ2n) is 9.72. The molecule has 7 nitrogen and oxygen atoms in total. The van der Waals surface area contributed by atoms with Gasteiger partial charge in [0, 0.05) is 19.0 Å². The van der Waals surface area contributed by atoms with Gasteiger partial charge >= 0.3 is 12.1 Å². The van der Waals surface area contributed by atoms with Crippen LogP contribution in [0.5, 0.6) is 0 Å². The summed E-state index contributed by atoms with van der Waals surface area (Å²) in [6.07, 6.45) is 2.75. The number of carboxylic acid groups (broad SMARTS) is 1. The van der Waals surface area contributed by atoms with E-state index in [2.05, 4.69) is 29.6 Å². The smallest absolute Gasteiger partial charge is 0.407 e. The molecule has 0 aromatic heterocycles. The monoisotopic (exact) mass is 478 g/mol. The minimum Gasteiger partial charge on any atom is -0.480 e. The molecule has 2 atom stereocenters. The molecule has 2 unspecified atom stereocenters. The fraction of sp³-hybridized carbons (Fsp3) is 0.464. The van der Waals surface area contributed by atoms with Crippen molar-refractivity contribution in [2.45, 2.75) is 57.4 Å². The zero-order valence-corrected chi connectivity index (χ0v) is 20.5. The first-order valence-electron chi connectivity index (χ1n) is 12.5. The Labute approximate surface area is 206 Å². The van der Waals surface area contributed by atoms with Crippen molar-refractivity contribution in [3.63, 3.8) is 0 Å². The van der Waals surface area contributed by atoms with Gasteiger partial charge in [-0.2, -0.15) is 0 Å². The molecule has 2 amide bonds. The van der Waals surface area contributed by atoms with Crippen molar-refractivity contribution in [3.8, 4) is 11.1 Å². The number of nitrogens with zero attached hydrogens (tertiary/aromatic N) is 1. The van der Waals surface area contributed by atoms with Crippen LogP contribution in [0, 0.1) is 5.92 Å². The molecule has 2 aromatic carbocycles. The maximum Gasteiger partial charge on any atom is 0.407 e. The number of aliphatic carboxylic acids is 1. The summed E-state index contributed by atoms with van der Waals surface area (Å²) in [6.45, 7) is 4.34. The second-order valence-corrected chi connectivity index (χ2v) is 9.72. The van der Waals surface area contributed by atoms with Crippen LogP contribution in [0.3, 0.4) is 0 Å². The molecule has 1 aliphatic carbocycles. The zero-order chi connectivity index (χ0) is 25.0. The lowest BCUT2D eigenvalue weighted by molar-refractivity contribution is -0.162. The summed E-state index contributed by atoms with van der Waals surface area (Å²) in [4.78, 5) is 39.4. The molecule has 186 valence electrons. The fourth-order valence-electron chi connectivity index (χ4n) is 5.43. The van der Waals surface area contributed by atoms with Gasteiger partial charge in [0.2, 0.25) is 5.91 Å². The molecule has 2 aromatic rings. The van der Waals surface area contributed by atoms with E-state index >= 15 is 0 Å². The molecule has 0 radical (unpaired) electrons. The Balaban J connectivity index is 1.38. The molecule has 1 fully saturated rings. The first-order chi connectivity index (χ1) is 16.9. The van der Waals surface area contributed by atoms with Crippen LogP contribution in [0.15, 0.2) is 48.5 Å². The van der Waals surface area contributed by atoms with Gasteiger partial charge in [0.05, 0.1) is 5.92 Å². The van der Waals surface area contributed by atoms with E-state index in [0.29, 0.717) is 19.4 Å². The van der Waals surface area contributed by atoms with Gasteiger partial charge in [0.25, 0.3) is 0 Å². The number of ether oxygens (including phenoxy) is 1. The number of carbonyl (C=O) groups excluding carboxylic acids is 2. The van der Waals surface area contributed by atoms with E-state index in [4.69, 9.17) is 4.74 Å². The summed E-state index contributed by atoms with van der Waals surface area (Å²) in [5.41, 5.74) is 3.39. The number of hydrogen-bond acceptors (Lipinski definition) is 4. The van der Waals surface area contributed by atoms with E-state index in [-0.39, 0.29) is 25.0 Å². The van der Waals surface area contributed by atoms with Crippen molar-refractivity contribution in [3.05, 3.63) is 59.7 Å². The number of likely N-dealkylation sites (tertiary alicyclic amines) is 1. The highest BCUT2D eigenvalue weighted by Gasteiger charge is 2.45. The van der Waals surface area contributed by atoms with E-state index in [1.807, 2.05) is 31.2 Å². The Kier molecular flexibility index (Phi) is 7.43. The first-order valence-corrected chi connectivity index (χ1v) is 12.5. The average molecular weight is 479 g/mol. The minimum atomic E-state index is -1.20. The quantitative estimate of drug-likeness (QED) is 0.568. The second kappa shape index (κ2) is 10.5. The lowest BCUT2D eigenvalue weighted by Gasteiger charge is -2.43. The third kappa shape index (κ3) is 4.90. The molecule has 2 aliphatic rings. The molecule has 1 heterocycles. The fourth-order valence-corrected chi connectivity index (χ4v) is 5.43. The van der Waals surface area contributed by atoms with Gasteiger partial charge in [-0.15, -0.1) is 0 Å². The van der Waals surface area contributed by atoms with Crippen molar-refractivity contribution in [1.29, 1.82) is 0 Å². The number of rotatable bonds is 8. The van der Waals surface area contributed by atoms with Crippen LogP contribution in [0.25, 0.3) is 11.1 Å². The Morgan fingerprint density at radius 3 is 2.31 bits per heavy atom. The normalized spacial score (nSPS) is 20.0. The van der Waals surface area contributed by atoms with Gasteiger partial charge in [-0.3, -0.25) is 4.79 Å². The lowest BCUT2D eigenvalue weighted by atomic mass is 9.86. The topological polar surface area (TPSA) is 95.9 Å². The van der Waals surface area contributed by atoms with Crippen molar-refractivity contribution in [1.82, 2.24) is 10.2 Å². The van der Waals surface area contributed by atoms with Gasteiger partial charge in [-0.25, -0.2) is 9.59 Å². The number of carboxylic acids is 1. The molecule has 0 saturated carbocycles. The van der Waals surface area contributed by atoms with Gasteiger partial charge in [0.1, 0.15) is 12.1 Å². The Hall–Kier alpha value is -3.35. The van der Waals surface area contributed by atoms with Crippen LogP contribution in [0.2, 0.25) is 0 Å². The predicted molar refractivity (Wildman–Crippen MR) is 133 cm³/mol. The summed E-state index contributed by atoms with van der Waals surface area (Å²) >= 11 is 0. The molecule has 7 heteroatoms. The number of carbonyl (C=O) groups is 3. The maximum absolute atomic E-state index is 13.3. The number of fused-ring (bicyclic) bond motifs is 3. The Morgan fingerprint density at radius 1 is 1.09 bits per heavy atom. The van der Waals surface area contributed by atoms with E-state index < -0.39 is 23.5 Å².